The van der Waals surface area contributed by atoms with Crippen LogP contribution in [-0.2, 0) is 4.79 Å². The summed E-state index contributed by atoms with van der Waals surface area (Å²) >= 11 is 0. The third kappa shape index (κ3) is 7.60. The van der Waals surface area contributed by atoms with Crippen molar-refractivity contribution in [2.24, 2.45) is 5.14 Å². The lowest BCUT2D eigenvalue weighted by atomic mass is 10.5. The van der Waals surface area contributed by atoms with Gasteiger partial charge in [0.2, 0.25) is 6.41 Å². The van der Waals surface area contributed by atoms with Gasteiger partial charge in [0.05, 0.1) is 5.75 Å². The Labute approximate surface area is 67.7 Å². The molecule has 0 fully saturated rings. The van der Waals surface area contributed by atoms with Gasteiger partial charge in [0.1, 0.15) is 0 Å². The predicted octanol–water partition coefficient (Wildman–Crippen LogP) is 0.0890. The van der Waals surface area contributed by atoms with Gasteiger partial charge in [-0.05, 0) is 6.42 Å². The number of hydrogen-bond acceptors (Lipinski definition) is 4. The molecule has 1 amide bonds. The molecule has 0 aliphatic carbocycles. The number of nitrogens with zero attached hydrogens (tertiary/aromatic N) is 1. The average molecular weight is 182 g/mol. The fourth-order valence-corrected chi connectivity index (χ4v) is 1.13. The molecule has 11 heavy (non-hydrogen) atoms. The molecule has 0 spiro atoms. The van der Waals surface area contributed by atoms with Crippen molar-refractivity contribution < 1.29 is 13.9 Å². The van der Waals surface area contributed by atoms with Crippen LogP contribution in [0.25, 0.3) is 0 Å². The van der Waals surface area contributed by atoms with Crippen LogP contribution in [0.1, 0.15) is 6.42 Å². The molecule has 0 aliphatic heterocycles. The topological polar surface area (TPSA) is 86.8 Å². The molecule has 0 saturated carbocycles. The van der Waals surface area contributed by atoms with Gasteiger partial charge in [-0.15, -0.1) is 10.8 Å². The number of nitrogens with two attached hydrogens (primary N) is 1. The SMILES string of the molecule is CN(C=O)CCCS(N)(O)O. The molecule has 68 valence electrons. The lowest BCUT2D eigenvalue weighted by Gasteiger charge is -2.26. The second-order valence-electron chi connectivity index (χ2n) is 2.36. The Morgan fingerprint density at radius 1 is 1.64 bits per heavy atom. The number of carbonyl (C=O) groups excluding carboxylic acids is 1. The van der Waals surface area contributed by atoms with Gasteiger partial charge < -0.3 is 4.90 Å². The molecule has 4 N–H and O–H groups in total. The highest BCUT2D eigenvalue weighted by Crippen LogP contribution is 2.28. The van der Waals surface area contributed by atoms with Gasteiger partial charge in [-0.2, -0.15) is 0 Å². The van der Waals surface area contributed by atoms with Gasteiger partial charge in [0.15, 0.2) is 0 Å². The Bertz CT molecular complexity index is 125. The van der Waals surface area contributed by atoms with Crippen molar-refractivity contribution in [1.82, 2.24) is 4.90 Å². The highest BCUT2D eigenvalue weighted by Gasteiger charge is 2.03. The number of amides is 1. The maximum absolute atomic E-state index is 10.0. The monoisotopic (exact) mass is 182 g/mol. The molecule has 0 atom stereocenters. The minimum atomic E-state index is -2.87. The molecule has 0 radical (unpaired) electrons. The molecule has 0 saturated heterocycles. The quantitative estimate of drug-likeness (QED) is 0.526. The van der Waals surface area contributed by atoms with Gasteiger partial charge in [0, 0.05) is 13.6 Å². The minimum absolute atomic E-state index is 0.144. The molecule has 6 heteroatoms. The molecular formula is C5H14N2O3S. The number of hydrogen-bond donors (Lipinski definition) is 3. The average Bonchev–Trinajstić information content (AvgIpc) is 1.85. The highest BCUT2D eigenvalue weighted by atomic mass is 32.3. The number of rotatable bonds is 5. The second kappa shape index (κ2) is 4.55. The van der Waals surface area contributed by atoms with E-state index in [1.165, 1.54) is 4.90 Å². The molecule has 0 bridgehead atoms. The lowest BCUT2D eigenvalue weighted by molar-refractivity contribution is -0.117. The summed E-state index contributed by atoms with van der Waals surface area (Å²) in [6, 6.07) is 0. The Kier molecular flexibility index (Phi) is 4.43. The standard InChI is InChI=1S/C5H14N2O3S/c1-7(5-8)3-2-4-11(6,9)10/h5,9-10H,2-4,6H2,1H3. The fraction of sp³-hybridized carbons (Fsp3) is 0.800. The van der Waals surface area contributed by atoms with Crippen LogP contribution in [-0.4, -0.2) is 39.8 Å². The fourth-order valence-electron chi connectivity index (χ4n) is 0.579. The largest absolute Gasteiger partial charge is 0.348 e. The normalized spacial score (nSPS) is 12.7. The third-order valence-corrected chi connectivity index (χ3v) is 2.03. The van der Waals surface area contributed by atoms with Crippen LogP contribution >= 0.6 is 10.8 Å². The van der Waals surface area contributed by atoms with E-state index in [-0.39, 0.29) is 5.75 Å². The Balaban J connectivity index is 3.35. The van der Waals surface area contributed by atoms with E-state index in [0.29, 0.717) is 19.4 Å². The zero-order valence-corrected chi connectivity index (χ0v) is 7.25. The van der Waals surface area contributed by atoms with Crippen LogP contribution in [0.15, 0.2) is 0 Å². The minimum Gasteiger partial charge on any atom is -0.348 e. The van der Waals surface area contributed by atoms with Crippen LogP contribution in [0.5, 0.6) is 0 Å². The van der Waals surface area contributed by atoms with Gasteiger partial charge in [-0.25, -0.2) is 5.14 Å². The maximum atomic E-state index is 10.0. The Morgan fingerprint density at radius 3 is 2.55 bits per heavy atom. The Hall–Kier alpha value is -0.300. The maximum Gasteiger partial charge on any atom is 0.209 e. The van der Waals surface area contributed by atoms with Crippen molar-refractivity contribution in [1.29, 1.82) is 0 Å². The molecule has 0 heterocycles. The van der Waals surface area contributed by atoms with Crippen LogP contribution in [0.3, 0.4) is 0 Å². The molecule has 5 nitrogen and oxygen atoms in total. The van der Waals surface area contributed by atoms with E-state index in [4.69, 9.17) is 14.2 Å². The predicted molar refractivity (Wildman–Crippen MR) is 45.2 cm³/mol. The van der Waals surface area contributed by atoms with Crippen LogP contribution in [0.4, 0.5) is 0 Å². The first kappa shape index (κ1) is 10.7. The zero-order valence-electron chi connectivity index (χ0n) is 6.43. The Morgan fingerprint density at radius 2 is 2.18 bits per heavy atom. The molecule has 0 aromatic heterocycles. The first-order valence-corrected chi connectivity index (χ1v) is 4.93. The van der Waals surface area contributed by atoms with Crippen molar-refractivity contribution in [3.63, 3.8) is 0 Å². The van der Waals surface area contributed by atoms with Crippen LogP contribution in [0, 0.1) is 0 Å². The smallest absolute Gasteiger partial charge is 0.209 e. The zero-order chi connectivity index (χ0) is 8.91. The third-order valence-electron chi connectivity index (χ3n) is 1.14. The summed E-state index contributed by atoms with van der Waals surface area (Å²) in [5.41, 5.74) is 0. The summed E-state index contributed by atoms with van der Waals surface area (Å²) in [6.07, 6.45) is 1.19. The summed E-state index contributed by atoms with van der Waals surface area (Å²) in [4.78, 5) is 11.5. The molecular weight excluding hydrogens is 168 g/mol. The van der Waals surface area contributed by atoms with Gasteiger partial charge in [-0.3, -0.25) is 13.9 Å². The van der Waals surface area contributed by atoms with Crippen molar-refractivity contribution in [2.75, 3.05) is 19.3 Å². The first-order chi connectivity index (χ1) is 4.95. The van der Waals surface area contributed by atoms with Crippen molar-refractivity contribution in [3.8, 4) is 0 Å². The molecule has 0 rings (SSSR count). The van der Waals surface area contributed by atoms with Crippen molar-refractivity contribution in [2.45, 2.75) is 6.42 Å². The van der Waals surface area contributed by atoms with Crippen LogP contribution in [0.2, 0.25) is 0 Å². The van der Waals surface area contributed by atoms with Crippen LogP contribution < -0.4 is 5.14 Å². The highest BCUT2D eigenvalue weighted by molar-refractivity contribution is 8.22. The molecule has 0 aromatic carbocycles. The van der Waals surface area contributed by atoms with Gasteiger partial charge in [0.25, 0.3) is 0 Å². The van der Waals surface area contributed by atoms with E-state index in [2.05, 4.69) is 0 Å². The van der Waals surface area contributed by atoms with Gasteiger partial charge in [-0.1, -0.05) is 0 Å². The molecule has 0 unspecified atom stereocenters. The van der Waals surface area contributed by atoms with E-state index in [9.17, 15) is 4.79 Å². The molecule has 0 aromatic rings. The summed E-state index contributed by atoms with van der Waals surface area (Å²) < 4.78 is 17.4. The van der Waals surface area contributed by atoms with E-state index in [1.54, 1.807) is 7.05 Å². The number of carbonyl (C=O) groups is 1. The van der Waals surface area contributed by atoms with E-state index in [1.807, 2.05) is 0 Å². The van der Waals surface area contributed by atoms with Crippen molar-refractivity contribution in [3.05, 3.63) is 0 Å². The van der Waals surface area contributed by atoms with E-state index in [0.717, 1.165) is 0 Å². The van der Waals surface area contributed by atoms with E-state index < -0.39 is 10.8 Å². The van der Waals surface area contributed by atoms with E-state index >= 15 is 0 Å². The summed E-state index contributed by atoms with van der Waals surface area (Å²) in [5.74, 6) is 0.144. The summed E-state index contributed by atoms with van der Waals surface area (Å²) in [5, 5.41) is 4.95. The first-order valence-electron chi connectivity index (χ1n) is 3.15. The summed E-state index contributed by atoms with van der Waals surface area (Å²) in [6.45, 7) is 0.497. The molecule has 0 aliphatic rings. The lowest BCUT2D eigenvalue weighted by Crippen LogP contribution is -2.21. The van der Waals surface area contributed by atoms with Crippen molar-refractivity contribution >= 4 is 17.2 Å². The van der Waals surface area contributed by atoms with Gasteiger partial charge >= 0.3 is 0 Å². The second-order valence-corrected chi connectivity index (χ2v) is 4.20. The summed E-state index contributed by atoms with van der Waals surface area (Å²) in [7, 11) is -1.25.